The largest absolute Gasteiger partial charge is 0.326 e. The fourth-order valence-corrected chi connectivity index (χ4v) is 3.34. The number of hydrogen-bond acceptors (Lipinski definition) is 3. The number of aryl methyl sites for hydroxylation is 1. The SMILES string of the molecule is CCc1ccc(N(C)S(=O)(=O)c2cccc(CN)c2)cc1. The average molecular weight is 304 g/mol. The molecule has 0 aliphatic carbocycles. The van der Waals surface area contributed by atoms with E-state index in [1.807, 2.05) is 30.3 Å². The number of anilines is 1. The maximum absolute atomic E-state index is 12.6. The Morgan fingerprint density at radius 2 is 1.71 bits per heavy atom. The van der Waals surface area contributed by atoms with Crippen LogP contribution in [-0.2, 0) is 23.0 Å². The molecule has 2 rings (SSSR count). The minimum absolute atomic E-state index is 0.257. The topological polar surface area (TPSA) is 63.4 Å². The van der Waals surface area contributed by atoms with E-state index in [2.05, 4.69) is 6.92 Å². The first-order valence-corrected chi connectivity index (χ1v) is 8.30. The van der Waals surface area contributed by atoms with E-state index in [4.69, 9.17) is 5.73 Å². The Morgan fingerprint density at radius 1 is 1.05 bits per heavy atom. The lowest BCUT2D eigenvalue weighted by molar-refractivity contribution is 0.594. The maximum atomic E-state index is 12.6. The third kappa shape index (κ3) is 3.25. The van der Waals surface area contributed by atoms with Gasteiger partial charge in [-0.2, -0.15) is 0 Å². The van der Waals surface area contributed by atoms with E-state index in [9.17, 15) is 8.42 Å². The van der Waals surface area contributed by atoms with Gasteiger partial charge in [0, 0.05) is 13.6 Å². The third-order valence-corrected chi connectivity index (χ3v) is 5.28. The van der Waals surface area contributed by atoms with Gasteiger partial charge in [-0.1, -0.05) is 31.2 Å². The van der Waals surface area contributed by atoms with Crippen LogP contribution in [0.15, 0.2) is 53.4 Å². The van der Waals surface area contributed by atoms with Crippen molar-refractivity contribution in [3.63, 3.8) is 0 Å². The number of hydrogen-bond donors (Lipinski definition) is 1. The lowest BCUT2D eigenvalue weighted by Gasteiger charge is -2.20. The Labute approximate surface area is 126 Å². The minimum Gasteiger partial charge on any atom is -0.326 e. The molecule has 0 aliphatic rings. The van der Waals surface area contributed by atoms with Crippen molar-refractivity contribution < 1.29 is 8.42 Å². The normalized spacial score (nSPS) is 11.4. The lowest BCUT2D eigenvalue weighted by atomic mass is 10.1. The number of benzene rings is 2. The van der Waals surface area contributed by atoms with E-state index in [0.717, 1.165) is 12.0 Å². The maximum Gasteiger partial charge on any atom is 0.264 e. The molecule has 2 aromatic carbocycles. The molecule has 0 bridgehead atoms. The summed E-state index contributed by atoms with van der Waals surface area (Å²) >= 11 is 0. The molecule has 0 radical (unpaired) electrons. The Hall–Kier alpha value is -1.85. The molecule has 2 N–H and O–H groups in total. The predicted octanol–water partition coefficient (Wildman–Crippen LogP) is 2.53. The minimum atomic E-state index is -3.57. The summed E-state index contributed by atoms with van der Waals surface area (Å²) in [4.78, 5) is 0.257. The van der Waals surface area contributed by atoms with Gasteiger partial charge in [0.25, 0.3) is 10.0 Å². The summed E-state index contributed by atoms with van der Waals surface area (Å²) in [6, 6.07) is 14.3. The molecule has 0 fully saturated rings. The molecular weight excluding hydrogens is 284 g/mol. The first-order valence-electron chi connectivity index (χ1n) is 6.86. The quantitative estimate of drug-likeness (QED) is 0.923. The fraction of sp³-hybridized carbons (Fsp3) is 0.250. The molecule has 0 saturated heterocycles. The van der Waals surface area contributed by atoms with Crippen LogP contribution in [0.4, 0.5) is 5.69 Å². The van der Waals surface area contributed by atoms with E-state index in [-0.39, 0.29) is 4.90 Å². The van der Waals surface area contributed by atoms with Gasteiger partial charge < -0.3 is 5.73 Å². The van der Waals surface area contributed by atoms with Gasteiger partial charge in [0.2, 0.25) is 0 Å². The zero-order valence-corrected chi connectivity index (χ0v) is 13.1. The first-order chi connectivity index (χ1) is 9.98. The molecule has 5 heteroatoms. The number of nitrogens with zero attached hydrogens (tertiary/aromatic N) is 1. The molecule has 0 aromatic heterocycles. The van der Waals surface area contributed by atoms with Crippen LogP contribution in [0.25, 0.3) is 0 Å². The first kappa shape index (κ1) is 15.5. The second-order valence-electron chi connectivity index (χ2n) is 4.84. The highest BCUT2D eigenvalue weighted by atomic mass is 32.2. The zero-order valence-electron chi connectivity index (χ0n) is 12.3. The summed E-state index contributed by atoms with van der Waals surface area (Å²) in [5.41, 5.74) is 8.19. The second-order valence-corrected chi connectivity index (χ2v) is 6.81. The van der Waals surface area contributed by atoms with Crippen LogP contribution in [-0.4, -0.2) is 15.5 Å². The molecule has 0 heterocycles. The van der Waals surface area contributed by atoms with Gasteiger partial charge in [-0.3, -0.25) is 4.31 Å². The fourth-order valence-electron chi connectivity index (χ4n) is 2.07. The summed E-state index contributed by atoms with van der Waals surface area (Å²) in [6.07, 6.45) is 0.926. The van der Waals surface area contributed by atoms with Crippen molar-refractivity contribution in [2.45, 2.75) is 24.8 Å². The third-order valence-electron chi connectivity index (χ3n) is 3.50. The van der Waals surface area contributed by atoms with Gasteiger partial charge in [0.15, 0.2) is 0 Å². The predicted molar refractivity (Wildman–Crippen MR) is 85.7 cm³/mol. The van der Waals surface area contributed by atoms with Gasteiger partial charge in [-0.05, 0) is 41.8 Å². The van der Waals surface area contributed by atoms with Crippen LogP contribution in [0.1, 0.15) is 18.1 Å². The van der Waals surface area contributed by atoms with Gasteiger partial charge in [-0.15, -0.1) is 0 Å². The summed E-state index contributed by atoms with van der Waals surface area (Å²) < 4.78 is 26.6. The summed E-state index contributed by atoms with van der Waals surface area (Å²) in [6.45, 7) is 2.38. The van der Waals surface area contributed by atoms with Gasteiger partial charge in [0.1, 0.15) is 0 Å². The summed E-state index contributed by atoms with van der Waals surface area (Å²) in [5.74, 6) is 0. The van der Waals surface area contributed by atoms with Crippen molar-refractivity contribution in [3.05, 3.63) is 59.7 Å². The van der Waals surface area contributed by atoms with Gasteiger partial charge in [0.05, 0.1) is 10.6 Å². The Morgan fingerprint density at radius 3 is 2.29 bits per heavy atom. The molecule has 0 spiro atoms. The van der Waals surface area contributed by atoms with Crippen LogP contribution in [0.2, 0.25) is 0 Å². The van der Waals surface area contributed by atoms with Crippen LogP contribution >= 0.6 is 0 Å². The van der Waals surface area contributed by atoms with E-state index >= 15 is 0 Å². The van der Waals surface area contributed by atoms with Crippen molar-refractivity contribution in [2.75, 3.05) is 11.4 Å². The highest BCUT2D eigenvalue weighted by Crippen LogP contribution is 2.23. The Bertz CT molecular complexity index is 709. The van der Waals surface area contributed by atoms with E-state index in [1.165, 1.54) is 9.87 Å². The molecule has 21 heavy (non-hydrogen) atoms. The number of nitrogens with two attached hydrogens (primary N) is 1. The van der Waals surface area contributed by atoms with Crippen LogP contribution < -0.4 is 10.0 Å². The number of rotatable bonds is 5. The van der Waals surface area contributed by atoms with Gasteiger partial charge in [-0.25, -0.2) is 8.42 Å². The lowest BCUT2D eigenvalue weighted by Crippen LogP contribution is -2.26. The standard InChI is InChI=1S/C16H20N2O2S/c1-3-13-7-9-15(10-8-13)18(2)21(19,20)16-6-4-5-14(11-16)12-17/h4-11H,3,12,17H2,1-2H3. The highest BCUT2D eigenvalue weighted by molar-refractivity contribution is 7.92. The molecular formula is C16H20N2O2S. The van der Waals surface area contributed by atoms with E-state index in [1.54, 1.807) is 25.2 Å². The highest BCUT2D eigenvalue weighted by Gasteiger charge is 2.21. The van der Waals surface area contributed by atoms with Crippen molar-refractivity contribution in [2.24, 2.45) is 5.73 Å². The number of sulfonamides is 1. The van der Waals surface area contributed by atoms with Gasteiger partial charge >= 0.3 is 0 Å². The summed E-state index contributed by atoms with van der Waals surface area (Å²) in [7, 11) is -2.01. The van der Waals surface area contributed by atoms with Crippen molar-refractivity contribution in [1.29, 1.82) is 0 Å². The van der Waals surface area contributed by atoms with Crippen molar-refractivity contribution >= 4 is 15.7 Å². The van der Waals surface area contributed by atoms with E-state index < -0.39 is 10.0 Å². The van der Waals surface area contributed by atoms with Crippen molar-refractivity contribution in [3.8, 4) is 0 Å². The molecule has 0 saturated carbocycles. The zero-order chi connectivity index (χ0) is 15.5. The molecule has 0 amide bonds. The molecule has 2 aromatic rings. The molecule has 112 valence electrons. The molecule has 4 nitrogen and oxygen atoms in total. The average Bonchev–Trinajstić information content (AvgIpc) is 2.54. The second kappa shape index (κ2) is 6.28. The Balaban J connectivity index is 2.37. The van der Waals surface area contributed by atoms with Crippen LogP contribution in [0, 0.1) is 0 Å². The molecule has 0 unspecified atom stereocenters. The molecule has 0 atom stereocenters. The molecule has 0 aliphatic heterocycles. The van der Waals surface area contributed by atoms with Crippen LogP contribution in [0.3, 0.4) is 0 Å². The smallest absolute Gasteiger partial charge is 0.264 e. The van der Waals surface area contributed by atoms with Crippen molar-refractivity contribution in [1.82, 2.24) is 0 Å². The monoisotopic (exact) mass is 304 g/mol. The summed E-state index contributed by atoms with van der Waals surface area (Å²) in [5, 5.41) is 0. The van der Waals surface area contributed by atoms with E-state index in [0.29, 0.717) is 12.2 Å². The Kier molecular flexibility index (Phi) is 4.65. The van der Waals surface area contributed by atoms with Crippen LogP contribution in [0.5, 0.6) is 0 Å².